The number of rotatable bonds is 8. The van der Waals surface area contributed by atoms with Crippen molar-refractivity contribution in [3.05, 3.63) is 65.7 Å². The van der Waals surface area contributed by atoms with E-state index in [0.29, 0.717) is 42.7 Å². The number of ether oxygens (including phenoxy) is 1. The second-order valence-corrected chi connectivity index (χ2v) is 11.7. The molecule has 2 aromatic carbocycles. The third-order valence-electron chi connectivity index (χ3n) is 7.18. The van der Waals surface area contributed by atoms with Gasteiger partial charge in [0.05, 0.1) is 16.8 Å². The minimum atomic E-state index is -0.501. The van der Waals surface area contributed by atoms with E-state index in [1.165, 1.54) is 6.92 Å². The summed E-state index contributed by atoms with van der Waals surface area (Å²) in [7, 11) is 0. The van der Waals surface area contributed by atoms with Crippen molar-refractivity contribution in [1.29, 1.82) is 0 Å². The third-order valence-corrected chi connectivity index (χ3v) is 7.18. The van der Waals surface area contributed by atoms with E-state index in [-0.39, 0.29) is 17.9 Å². The topological polar surface area (TPSA) is 109 Å². The van der Waals surface area contributed by atoms with E-state index in [1.807, 2.05) is 75.4 Å². The quantitative estimate of drug-likeness (QED) is 0.342. The summed E-state index contributed by atoms with van der Waals surface area (Å²) in [4.78, 5) is 41.6. The summed E-state index contributed by atoms with van der Waals surface area (Å²) in [6.07, 6.45) is 3.65. The van der Waals surface area contributed by atoms with Gasteiger partial charge in [0, 0.05) is 37.5 Å². The molecular formula is C32H40N4O4. The maximum absolute atomic E-state index is 13.4. The number of nitrogens with one attached hydrogen (secondary N) is 3. The second-order valence-electron chi connectivity index (χ2n) is 11.7. The lowest BCUT2D eigenvalue weighted by Gasteiger charge is -2.29. The largest absolute Gasteiger partial charge is 0.444 e. The highest BCUT2D eigenvalue weighted by Crippen LogP contribution is 2.29. The van der Waals surface area contributed by atoms with Crippen molar-refractivity contribution in [3.63, 3.8) is 0 Å². The van der Waals surface area contributed by atoms with E-state index in [1.54, 1.807) is 0 Å². The van der Waals surface area contributed by atoms with Gasteiger partial charge in [-0.25, -0.2) is 9.78 Å². The fraction of sp³-hybridized carbons (Fsp3) is 0.438. The Morgan fingerprint density at radius 2 is 1.55 bits per heavy atom. The zero-order valence-corrected chi connectivity index (χ0v) is 23.9. The first-order chi connectivity index (χ1) is 19.1. The van der Waals surface area contributed by atoms with E-state index in [4.69, 9.17) is 9.72 Å². The number of hydrogen-bond acceptors (Lipinski definition) is 5. The minimum Gasteiger partial charge on any atom is -0.444 e. The van der Waals surface area contributed by atoms with Gasteiger partial charge in [-0.3, -0.25) is 9.59 Å². The summed E-state index contributed by atoms with van der Waals surface area (Å²) in [5, 5.41) is 9.70. The smallest absolute Gasteiger partial charge is 0.407 e. The molecule has 8 nitrogen and oxygen atoms in total. The van der Waals surface area contributed by atoms with Crippen LogP contribution in [0.25, 0.3) is 22.2 Å². The first-order valence-electron chi connectivity index (χ1n) is 14.1. The maximum atomic E-state index is 13.4. The number of amides is 3. The lowest BCUT2D eigenvalue weighted by molar-refractivity contribution is -0.119. The van der Waals surface area contributed by atoms with E-state index < -0.39 is 5.60 Å². The van der Waals surface area contributed by atoms with Gasteiger partial charge in [0.25, 0.3) is 5.91 Å². The fourth-order valence-electron chi connectivity index (χ4n) is 5.09. The van der Waals surface area contributed by atoms with E-state index >= 15 is 0 Å². The number of aromatic nitrogens is 1. The molecule has 4 rings (SSSR count). The average Bonchev–Trinajstić information content (AvgIpc) is 2.93. The van der Waals surface area contributed by atoms with Gasteiger partial charge < -0.3 is 20.7 Å². The number of hydrogen-bond donors (Lipinski definition) is 3. The molecule has 1 aliphatic rings. The summed E-state index contributed by atoms with van der Waals surface area (Å²) in [6, 6.07) is 17.4. The number of fused-ring (bicyclic) bond motifs is 1. The van der Waals surface area contributed by atoms with Gasteiger partial charge in [0.2, 0.25) is 5.91 Å². The first kappa shape index (κ1) is 29.1. The Labute approximate surface area is 236 Å². The standard InChI is InChI=1S/C32H40N4O4/c1-21(37)33-20-24-8-7-9-25(16-24)29-17-27(26-10-5-6-11-28(26)36-29)30(38)34-18-22-12-14-23(15-13-22)19-35-31(39)40-32(2,3)4/h5-11,16-17,22-23H,12-15,18-20H2,1-4H3,(H,33,37)(H,34,38)(H,35,39). The molecule has 1 saturated carbocycles. The molecule has 1 heterocycles. The van der Waals surface area contributed by atoms with Crippen molar-refractivity contribution in [2.45, 2.75) is 65.5 Å². The number of benzene rings is 2. The normalized spacial score (nSPS) is 17.2. The van der Waals surface area contributed by atoms with E-state index in [9.17, 15) is 14.4 Å². The second kappa shape index (κ2) is 12.9. The molecule has 0 saturated heterocycles. The van der Waals surface area contributed by atoms with Gasteiger partial charge in [0.15, 0.2) is 0 Å². The van der Waals surface area contributed by atoms with Crippen LogP contribution in [0.3, 0.4) is 0 Å². The highest BCUT2D eigenvalue weighted by molar-refractivity contribution is 6.07. The minimum absolute atomic E-state index is 0.0841. The molecular weight excluding hydrogens is 504 g/mol. The molecule has 3 amide bonds. The van der Waals surface area contributed by atoms with E-state index in [2.05, 4.69) is 16.0 Å². The Morgan fingerprint density at radius 3 is 2.23 bits per heavy atom. The molecule has 0 aliphatic heterocycles. The van der Waals surface area contributed by atoms with Crippen LogP contribution in [0.1, 0.15) is 69.3 Å². The molecule has 212 valence electrons. The van der Waals surface area contributed by atoms with Gasteiger partial charge in [-0.2, -0.15) is 0 Å². The number of para-hydroxylation sites is 1. The van der Waals surface area contributed by atoms with Crippen LogP contribution in [0.15, 0.2) is 54.6 Å². The highest BCUT2D eigenvalue weighted by atomic mass is 16.6. The Morgan fingerprint density at radius 1 is 0.875 bits per heavy atom. The Balaban J connectivity index is 1.38. The van der Waals surface area contributed by atoms with Crippen molar-refractivity contribution in [2.24, 2.45) is 11.8 Å². The van der Waals surface area contributed by atoms with Crippen LogP contribution in [-0.2, 0) is 16.1 Å². The number of carbonyl (C=O) groups excluding carboxylic acids is 3. The summed E-state index contributed by atoms with van der Waals surface area (Å²) < 4.78 is 5.33. The van der Waals surface area contributed by atoms with Crippen LogP contribution in [0.2, 0.25) is 0 Å². The van der Waals surface area contributed by atoms with Crippen molar-refractivity contribution in [3.8, 4) is 11.3 Å². The van der Waals surface area contributed by atoms with Crippen LogP contribution in [0.5, 0.6) is 0 Å². The molecule has 0 bridgehead atoms. The van der Waals surface area contributed by atoms with Crippen molar-refractivity contribution < 1.29 is 19.1 Å². The SMILES string of the molecule is CC(=O)NCc1cccc(-c2cc(C(=O)NCC3CCC(CNC(=O)OC(C)(C)C)CC3)c3ccccc3n2)c1. The van der Waals surface area contributed by atoms with Crippen LogP contribution in [0, 0.1) is 11.8 Å². The zero-order chi connectivity index (χ0) is 28.7. The number of pyridine rings is 1. The van der Waals surface area contributed by atoms with Gasteiger partial charge in [-0.1, -0.05) is 36.4 Å². The van der Waals surface area contributed by atoms with Crippen LogP contribution in [-0.4, -0.2) is 41.6 Å². The third kappa shape index (κ3) is 8.28. The van der Waals surface area contributed by atoms with Gasteiger partial charge in [0.1, 0.15) is 5.60 Å². The predicted octanol–water partition coefficient (Wildman–Crippen LogP) is 5.60. The Hall–Kier alpha value is -3.94. The number of nitrogens with zero attached hydrogens (tertiary/aromatic N) is 1. The molecule has 0 spiro atoms. The molecule has 3 aromatic rings. The Bertz CT molecular complexity index is 1360. The zero-order valence-electron chi connectivity index (χ0n) is 23.9. The molecule has 3 N–H and O–H groups in total. The van der Waals surface area contributed by atoms with Crippen LogP contribution < -0.4 is 16.0 Å². The number of alkyl carbamates (subject to hydrolysis) is 1. The summed E-state index contributed by atoms with van der Waals surface area (Å²) in [5.74, 6) is 0.634. The first-order valence-corrected chi connectivity index (χ1v) is 14.1. The van der Waals surface area contributed by atoms with Crippen molar-refractivity contribution in [2.75, 3.05) is 13.1 Å². The molecule has 0 unspecified atom stereocenters. The fourth-order valence-corrected chi connectivity index (χ4v) is 5.09. The predicted molar refractivity (Wildman–Crippen MR) is 157 cm³/mol. The lowest BCUT2D eigenvalue weighted by Crippen LogP contribution is -2.37. The average molecular weight is 545 g/mol. The Kier molecular flexibility index (Phi) is 9.40. The molecule has 1 aromatic heterocycles. The van der Waals surface area contributed by atoms with Crippen molar-refractivity contribution in [1.82, 2.24) is 20.9 Å². The van der Waals surface area contributed by atoms with Gasteiger partial charge >= 0.3 is 6.09 Å². The lowest BCUT2D eigenvalue weighted by atomic mass is 9.82. The molecule has 1 aliphatic carbocycles. The summed E-state index contributed by atoms with van der Waals surface area (Å²) in [6.45, 7) is 8.73. The summed E-state index contributed by atoms with van der Waals surface area (Å²) in [5.41, 5.74) is 3.43. The molecule has 8 heteroatoms. The molecule has 0 radical (unpaired) electrons. The molecule has 0 atom stereocenters. The van der Waals surface area contributed by atoms with E-state index in [0.717, 1.165) is 47.7 Å². The molecule has 40 heavy (non-hydrogen) atoms. The highest BCUT2D eigenvalue weighted by Gasteiger charge is 2.24. The number of carbonyl (C=O) groups is 3. The van der Waals surface area contributed by atoms with Gasteiger partial charge in [-0.05, 0) is 82.1 Å². The van der Waals surface area contributed by atoms with Crippen LogP contribution >= 0.6 is 0 Å². The van der Waals surface area contributed by atoms with Crippen LogP contribution in [0.4, 0.5) is 4.79 Å². The van der Waals surface area contributed by atoms with Gasteiger partial charge in [-0.15, -0.1) is 0 Å². The summed E-state index contributed by atoms with van der Waals surface area (Å²) >= 11 is 0. The monoisotopic (exact) mass is 544 g/mol. The molecule has 1 fully saturated rings. The van der Waals surface area contributed by atoms with Crippen molar-refractivity contribution >= 4 is 28.8 Å². The maximum Gasteiger partial charge on any atom is 0.407 e.